The first-order valence-corrected chi connectivity index (χ1v) is 7.72. The van der Waals surface area contributed by atoms with Gasteiger partial charge in [-0.1, -0.05) is 24.3 Å². The fourth-order valence-electron chi connectivity index (χ4n) is 2.11. The largest absolute Gasteiger partial charge is 0.481 e. The maximum absolute atomic E-state index is 11.6. The predicted molar refractivity (Wildman–Crippen MR) is 87.6 cm³/mol. The van der Waals surface area contributed by atoms with Crippen molar-refractivity contribution in [2.75, 3.05) is 6.54 Å². The monoisotopic (exact) mass is 339 g/mol. The van der Waals surface area contributed by atoms with Crippen LogP contribution in [0.4, 0.5) is 4.79 Å². The first kappa shape index (κ1) is 19.9. The van der Waals surface area contributed by atoms with Crippen LogP contribution in [0.25, 0.3) is 0 Å². The van der Waals surface area contributed by atoms with E-state index in [4.69, 9.17) is 9.84 Å². The Balaban J connectivity index is 2.67. The molecule has 2 atom stereocenters. The molecule has 0 spiro atoms. The summed E-state index contributed by atoms with van der Waals surface area (Å²) < 4.78 is 5.05. The van der Waals surface area contributed by atoms with Gasteiger partial charge in [0.15, 0.2) is 0 Å². The number of carboxylic acids is 1. The van der Waals surface area contributed by atoms with Crippen LogP contribution < -0.4 is 5.32 Å². The molecule has 0 aliphatic rings. The molecular weight excluding hydrogens is 314 g/mol. The van der Waals surface area contributed by atoms with E-state index in [9.17, 15) is 19.8 Å². The van der Waals surface area contributed by atoms with Crippen LogP contribution in [0.3, 0.4) is 0 Å². The zero-order chi connectivity index (χ0) is 18.3. The number of carbonyl (C=O) groups is 2. The van der Waals surface area contributed by atoms with Crippen molar-refractivity contribution >= 4 is 12.1 Å². The highest BCUT2D eigenvalue weighted by Crippen LogP contribution is 2.22. The summed E-state index contributed by atoms with van der Waals surface area (Å²) in [6.45, 7) is 4.97. The molecular formula is C17H25NO6. The summed E-state index contributed by atoms with van der Waals surface area (Å²) in [5, 5.41) is 31.5. The third-order valence-electron chi connectivity index (χ3n) is 3.20. The van der Waals surface area contributed by atoms with Crippen molar-refractivity contribution < 1.29 is 29.6 Å². The third-order valence-corrected chi connectivity index (χ3v) is 3.20. The van der Waals surface area contributed by atoms with Gasteiger partial charge in [-0.15, -0.1) is 0 Å². The van der Waals surface area contributed by atoms with E-state index in [1.165, 1.54) is 0 Å². The molecule has 7 nitrogen and oxygen atoms in total. The fraction of sp³-hybridized carbons (Fsp3) is 0.529. The number of aliphatic hydroxyl groups is 2. The van der Waals surface area contributed by atoms with Gasteiger partial charge in [-0.2, -0.15) is 0 Å². The molecule has 0 radical (unpaired) electrons. The summed E-state index contributed by atoms with van der Waals surface area (Å²) in [7, 11) is 0. The number of alkyl carbamates (subject to hydrolysis) is 1. The second-order valence-electron chi connectivity index (χ2n) is 6.49. The van der Waals surface area contributed by atoms with Gasteiger partial charge in [-0.05, 0) is 38.3 Å². The zero-order valence-electron chi connectivity index (χ0n) is 14.2. The van der Waals surface area contributed by atoms with Crippen molar-refractivity contribution in [3.05, 3.63) is 35.4 Å². The van der Waals surface area contributed by atoms with Gasteiger partial charge >= 0.3 is 12.1 Å². The number of aryl methyl sites for hydroxylation is 1. The fourth-order valence-corrected chi connectivity index (χ4v) is 2.11. The number of nitrogens with one attached hydrogen (secondary N) is 1. The minimum absolute atomic E-state index is 0.0734. The number of hydrogen-bond acceptors (Lipinski definition) is 5. The highest BCUT2D eigenvalue weighted by molar-refractivity contribution is 5.68. The average molecular weight is 339 g/mol. The first-order chi connectivity index (χ1) is 11.1. The molecule has 0 aliphatic carbocycles. The van der Waals surface area contributed by atoms with Crippen LogP contribution in [0.5, 0.6) is 0 Å². The Labute approximate surface area is 141 Å². The summed E-state index contributed by atoms with van der Waals surface area (Å²) in [6.07, 6.45) is -3.01. The van der Waals surface area contributed by atoms with Crippen molar-refractivity contribution in [2.24, 2.45) is 0 Å². The van der Waals surface area contributed by atoms with Crippen molar-refractivity contribution in [3.8, 4) is 0 Å². The topological polar surface area (TPSA) is 116 Å². The number of aliphatic carboxylic acids is 1. The quantitative estimate of drug-likeness (QED) is 0.600. The third kappa shape index (κ3) is 6.97. The van der Waals surface area contributed by atoms with E-state index in [-0.39, 0.29) is 19.4 Å². The maximum atomic E-state index is 11.6. The van der Waals surface area contributed by atoms with Crippen LogP contribution in [-0.4, -0.2) is 45.6 Å². The molecule has 4 N–H and O–H groups in total. The number of amides is 1. The number of hydrogen-bond donors (Lipinski definition) is 4. The van der Waals surface area contributed by atoms with Gasteiger partial charge in [0.2, 0.25) is 0 Å². The maximum Gasteiger partial charge on any atom is 0.407 e. The lowest BCUT2D eigenvalue weighted by molar-refractivity contribution is -0.136. The smallest absolute Gasteiger partial charge is 0.407 e. The van der Waals surface area contributed by atoms with Gasteiger partial charge in [-0.3, -0.25) is 4.79 Å². The molecule has 0 fully saturated rings. The molecule has 24 heavy (non-hydrogen) atoms. The summed E-state index contributed by atoms with van der Waals surface area (Å²) in [5.41, 5.74) is 0.429. The lowest BCUT2D eigenvalue weighted by Crippen LogP contribution is -2.39. The minimum Gasteiger partial charge on any atom is -0.481 e. The second kappa shape index (κ2) is 8.65. The van der Waals surface area contributed by atoms with E-state index in [2.05, 4.69) is 5.32 Å². The summed E-state index contributed by atoms with van der Waals surface area (Å²) in [6, 6.07) is 6.75. The molecule has 0 saturated carbocycles. The summed E-state index contributed by atoms with van der Waals surface area (Å²) in [5.74, 6) is -0.938. The van der Waals surface area contributed by atoms with Gasteiger partial charge in [-0.25, -0.2) is 4.79 Å². The van der Waals surface area contributed by atoms with E-state index in [0.29, 0.717) is 11.1 Å². The van der Waals surface area contributed by atoms with Crippen molar-refractivity contribution in [1.29, 1.82) is 0 Å². The zero-order valence-corrected chi connectivity index (χ0v) is 14.2. The molecule has 0 aliphatic heterocycles. The number of carboxylic acid groups (broad SMARTS) is 1. The second-order valence-corrected chi connectivity index (χ2v) is 6.49. The number of rotatable bonds is 7. The predicted octanol–water partition coefficient (Wildman–Crippen LogP) is 1.62. The molecule has 1 aromatic rings. The van der Waals surface area contributed by atoms with E-state index < -0.39 is 29.9 Å². The Bertz CT molecular complexity index is 566. The Morgan fingerprint density at radius 2 is 1.83 bits per heavy atom. The molecule has 1 rings (SSSR count). The van der Waals surface area contributed by atoms with Gasteiger partial charge in [0, 0.05) is 13.0 Å². The van der Waals surface area contributed by atoms with E-state index in [0.717, 1.165) is 0 Å². The van der Waals surface area contributed by atoms with Crippen LogP contribution in [0.15, 0.2) is 24.3 Å². The molecule has 2 unspecified atom stereocenters. The number of ether oxygens (including phenoxy) is 1. The molecule has 1 amide bonds. The normalized spacial score (nSPS) is 13.9. The molecule has 1 aromatic carbocycles. The van der Waals surface area contributed by atoms with E-state index >= 15 is 0 Å². The molecule has 0 heterocycles. The SMILES string of the molecule is CC(C)(C)OC(=O)NCC(O)C(O)c1ccccc1CCC(=O)O. The Morgan fingerprint density at radius 3 is 2.42 bits per heavy atom. The highest BCUT2D eigenvalue weighted by atomic mass is 16.6. The van der Waals surface area contributed by atoms with Crippen molar-refractivity contribution in [3.63, 3.8) is 0 Å². The first-order valence-electron chi connectivity index (χ1n) is 7.72. The minimum atomic E-state index is -1.25. The van der Waals surface area contributed by atoms with Gasteiger partial charge in [0.25, 0.3) is 0 Å². The van der Waals surface area contributed by atoms with E-state index in [1.807, 2.05) is 0 Å². The highest BCUT2D eigenvalue weighted by Gasteiger charge is 2.23. The molecule has 7 heteroatoms. The van der Waals surface area contributed by atoms with Gasteiger partial charge < -0.3 is 25.4 Å². The summed E-state index contributed by atoms with van der Waals surface area (Å²) >= 11 is 0. The Kier molecular flexibility index (Phi) is 7.18. The van der Waals surface area contributed by atoms with Crippen LogP contribution >= 0.6 is 0 Å². The lowest BCUT2D eigenvalue weighted by atomic mass is 9.96. The molecule has 0 saturated heterocycles. The van der Waals surface area contributed by atoms with Crippen LogP contribution in [0.2, 0.25) is 0 Å². The van der Waals surface area contributed by atoms with Crippen molar-refractivity contribution in [2.45, 2.75) is 51.4 Å². The molecule has 0 aromatic heterocycles. The van der Waals surface area contributed by atoms with Gasteiger partial charge in [0.05, 0.1) is 0 Å². The number of benzene rings is 1. The Morgan fingerprint density at radius 1 is 1.21 bits per heavy atom. The van der Waals surface area contributed by atoms with Gasteiger partial charge in [0.1, 0.15) is 17.8 Å². The number of carbonyl (C=O) groups excluding carboxylic acids is 1. The average Bonchev–Trinajstić information content (AvgIpc) is 2.48. The van der Waals surface area contributed by atoms with Crippen LogP contribution in [-0.2, 0) is 16.0 Å². The molecule has 134 valence electrons. The molecule has 0 bridgehead atoms. The lowest BCUT2D eigenvalue weighted by Gasteiger charge is -2.23. The summed E-state index contributed by atoms with van der Waals surface area (Å²) in [4.78, 5) is 22.3. The van der Waals surface area contributed by atoms with Crippen molar-refractivity contribution in [1.82, 2.24) is 5.32 Å². The standard InChI is InChI=1S/C17H25NO6/c1-17(2,3)24-16(23)18-10-13(19)15(22)12-7-5-4-6-11(12)8-9-14(20)21/h4-7,13,15,19,22H,8-10H2,1-3H3,(H,18,23)(H,20,21). The van der Waals surface area contributed by atoms with Crippen LogP contribution in [0, 0.1) is 0 Å². The van der Waals surface area contributed by atoms with E-state index in [1.54, 1.807) is 45.0 Å². The van der Waals surface area contributed by atoms with Crippen LogP contribution in [0.1, 0.15) is 44.4 Å². The number of aliphatic hydroxyl groups excluding tert-OH is 2. The Hall–Kier alpha value is -2.12.